The van der Waals surface area contributed by atoms with Gasteiger partial charge in [-0.2, -0.15) is 0 Å². The molecule has 0 bridgehead atoms. The first-order chi connectivity index (χ1) is 9.98. The van der Waals surface area contributed by atoms with Crippen molar-refractivity contribution < 1.29 is 19.7 Å². The molecule has 0 spiro atoms. The number of carboxylic acid groups (broad SMARTS) is 1. The van der Waals surface area contributed by atoms with Gasteiger partial charge in [-0.05, 0) is 50.3 Å². The van der Waals surface area contributed by atoms with Crippen molar-refractivity contribution in [3.8, 4) is 5.75 Å². The zero-order chi connectivity index (χ0) is 15.5. The average molecular weight is 293 g/mol. The molecular weight excluding hydrogens is 270 g/mol. The first-order valence-electron chi connectivity index (χ1n) is 7.31. The molecular formula is C16H23NO4. The van der Waals surface area contributed by atoms with Gasteiger partial charge in [0, 0.05) is 6.04 Å². The molecule has 0 amide bonds. The quantitative estimate of drug-likeness (QED) is 0.681. The van der Waals surface area contributed by atoms with Gasteiger partial charge in [0.2, 0.25) is 0 Å². The number of nitrogens with one attached hydrogen (secondary N) is 1. The summed E-state index contributed by atoms with van der Waals surface area (Å²) in [6, 6.07) is 7.11. The maximum atomic E-state index is 11.8. The molecule has 1 saturated carbocycles. The summed E-state index contributed by atoms with van der Waals surface area (Å²) in [4.78, 5) is 11.8. The van der Waals surface area contributed by atoms with Crippen LogP contribution < -0.4 is 10.1 Å². The maximum absolute atomic E-state index is 11.8. The Morgan fingerprint density at radius 1 is 1.38 bits per heavy atom. The van der Waals surface area contributed by atoms with E-state index in [9.17, 15) is 9.90 Å². The third-order valence-corrected chi connectivity index (χ3v) is 3.77. The fourth-order valence-electron chi connectivity index (χ4n) is 2.55. The smallest absolute Gasteiger partial charge is 0.327 e. The number of benzene rings is 1. The molecule has 21 heavy (non-hydrogen) atoms. The number of hydrogen-bond donors (Lipinski definition) is 3. The Kier molecular flexibility index (Phi) is 4.85. The zero-order valence-electron chi connectivity index (χ0n) is 12.5. The van der Waals surface area contributed by atoms with Crippen molar-refractivity contribution >= 4 is 5.97 Å². The lowest BCUT2D eigenvalue weighted by atomic mass is 9.93. The molecule has 0 aromatic heterocycles. The van der Waals surface area contributed by atoms with Crippen LogP contribution in [0.15, 0.2) is 24.3 Å². The molecule has 1 aromatic rings. The lowest BCUT2D eigenvalue weighted by Gasteiger charge is -2.32. The second-order valence-corrected chi connectivity index (χ2v) is 5.94. The summed E-state index contributed by atoms with van der Waals surface area (Å²) >= 11 is 0. The molecule has 5 nitrogen and oxygen atoms in total. The summed E-state index contributed by atoms with van der Waals surface area (Å²) in [5, 5.41) is 21.9. The fraction of sp³-hybridized carbons (Fsp3) is 0.562. The minimum absolute atomic E-state index is 0.0175. The van der Waals surface area contributed by atoms with Crippen molar-refractivity contribution in [3.63, 3.8) is 0 Å². The van der Waals surface area contributed by atoms with Crippen LogP contribution in [0.2, 0.25) is 0 Å². The van der Waals surface area contributed by atoms with Crippen LogP contribution in [0, 0.1) is 5.92 Å². The molecule has 1 unspecified atom stereocenters. The van der Waals surface area contributed by atoms with Crippen molar-refractivity contribution in [2.75, 3.05) is 6.61 Å². The van der Waals surface area contributed by atoms with Gasteiger partial charge in [-0.25, -0.2) is 0 Å². The number of aliphatic hydroxyl groups is 1. The first-order valence-corrected chi connectivity index (χ1v) is 7.31. The van der Waals surface area contributed by atoms with Crippen LogP contribution in [0.4, 0.5) is 0 Å². The highest BCUT2D eigenvalue weighted by Gasteiger charge is 2.52. The monoisotopic (exact) mass is 293 g/mol. The second kappa shape index (κ2) is 6.45. The Morgan fingerprint density at radius 3 is 2.43 bits per heavy atom. The average Bonchev–Trinajstić information content (AvgIpc) is 3.28. The Balaban J connectivity index is 2.09. The topological polar surface area (TPSA) is 78.8 Å². The molecule has 0 saturated heterocycles. The Bertz CT molecular complexity index is 482. The van der Waals surface area contributed by atoms with E-state index < -0.39 is 11.5 Å². The zero-order valence-corrected chi connectivity index (χ0v) is 12.5. The van der Waals surface area contributed by atoms with E-state index in [1.165, 1.54) is 0 Å². The molecule has 0 radical (unpaired) electrons. The molecule has 1 atom stereocenters. The molecule has 1 aliphatic carbocycles. The highest BCUT2D eigenvalue weighted by atomic mass is 16.5. The number of carbonyl (C=O) groups is 1. The largest absolute Gasteiger partial charge is 0.491 e. The predicted molar refractivity (Wildman–Crippen MR) is 79.2 cm³/mol. The number of aliphatic carboxylic acids is 1. The summed E-state index contributed by atoms with van der Waals surface area (Å²) in [6.07, 6.45) is 1.83. The SMILES string of the molecule is CC(C)NC(COc1ccc(CO)cc1)(C(=O)O)C1CC1. The van der Waals surface area contributed by atoms with Crippen LogP contribution in [0.1, 0.15) is 32.3 Å². The number of hydrogen-bond acceptors (Lipinski definition) is 4. The standard InChI is InChI=1S/C16H23NO4/c1-11(2)17-16(15(19)20,13-5-6-13)10-21-14-7-3-12(9-18)4-8-14/h3-4,7-8,11,13,17-18H,5-6,9-10H2,1-2H3,(H,19,20). The lowest BCUT2D eigenvalue weighted by Crippen LogP contribution is -2.60. The van der Waals surface area contributed by atoms with E-state index >= 15 is 0 Å². The molecule has 2 rings (SSSR count). The van der Waals surface area contributed by atoms with E-state index in [0.29, 0.717) is 5.75 Å². The molecule has 1 fully saturated rings. The summed E-state index contributed by atoms with van der Waals surface area (Å²) in [5.41, 5.74) is -0.224. The Labute approximate surface area is 124 Å². The Hall–Kier alpha value is -1.59. The minimum atomic E-state index is -1.02. The van der Waals surface area contributed by atoms with Gasteiger partial charge >= 0.3 is 5.97 Å². The highest BCUT2D eigenvalue weighted by Crippen LogP contribution is 2.40. The summed E-state index contributed by atoms with van der Waals surface area (Å²) in [6.45, 7) is 3.96. The van der Waals surface area contributed by atoms with Crippen LogP contribution in [0.3, 0.4) is 0 Å². The van der Waals surface area contributed by atoms with Gasteiger partial charge in [0.15, 0.2) is 5.54 Å². The normalized spacial score (nSPS) is 17.5. The van der Waals surface area contributed by atoms with Crippen LogP contribution >= 0.6 is 0 Å². The van der Waals surface area contributed by atoms with E-state index in [1.54, 1.807) is 24.3 Å². The molecule has 3 N–H and O–H groups in total. The second-order valence-electron chi connectivity index (χ2n) is 5.94. The molecule has 0 aliphatic heterocycles. The first kappa shape index (κ1) is 15.8. The van der Waals surface area contributed by atoms with Crippen LogP contribution in [0.25, 0.3) is 0 Å². The van der Waals surface area contributed by atoms with Crippen molar-refractivity contribution in [3.05, 3.63) is 29.8 Å². The molecule has 5 heteroatoms. The molecule has 1 aliphatic rings. The van der Waals surface area contributed by atoms with Gasteiger partial charge in [-0.15, -0.1) is 0 Å². The van der Waals surface area contributed by atoms with E-state index in [0.717, 1.165) is 18.4 Å². The highest BCUT2D eigenvalue weighted by molar-refractivity contribution is 5.80. The van der Waals surface area contributed by atoms with Crippen LogP contribution in [-0.4, -0.2) is 34.4 Å². The fourth-order valence-corrected chi connectivity index (χ4v) is 2.55. The minimum Gasteiger partial charge on any atom is -0.491 e. The summed E-state index contributed by atoms with van der Waals surface area (Å²) in [7, 11) is 0. The van der Waals surface area contributed by atoms with Crippen LogP contribution in [0.5, 0.6) is 5.75 Å². The number of carboxylic acids is 1. The maximum Gasteiger partial charge on any atom is 0.327 e. The van der Waals surface area contributed by atoms with Gasteiger partial charge in [0.05, 0.1) is 6.61 Å². The van der Waals surface area contributed by atoms with E-state index in [1.807, 2.05) is 13.8 Å². The predicted octanol–water partition coefficient (Wildman–Crippen LogP) is 1.79. The van der Waals surface area contributed by atoms with Crippen molar-refractivity contribution in [1.82, 2.24) is 5.32 Å². The number of ether oxygens (including phenoxy) is 1. The van der Waals surface area contributed by atoms with Gasteiger partial charge < -0.3 is 14.9 Å². The van der Waals surface area contributed by atoms with Crippen molar-refractivity contribution in [2.24, 2.45) is 5.92 Å². The molecule has 1 aromatic carbocycles. The van der Waals surface area contributed by atoms with Crippen molar-refractivity contribution in [1.29, 1.82) is 0 Å². The lowest BCUT2D eigenvalue weighted by molar-refractivity contribution is -0.148. The number of aliphatic hydroxyl groups excluding tert-OH is 1. The third kappa shape index (κ3) is 3.74. The molecule has 116 valence electrons. The number of rotatable bonds is 8. The van der Waals surface area contributed by atoms with E-state index in [2.05, 4.69) is 5.32 Å². The van der Waals surface area contributed by atoms with Gasteiger partial charge in [0.25, 0.3) is 0 Å². The van der Waals surface area contributed by atoms with E-state index in [-0.39, 0.29) is 25.2 Å². The third-order valence-electron chi connectivity index (χ3n) is 3.77. The van der Waals surface area contributed by atoms with E-state index in [4.69, 9.17) is 9.84 Å². The summed E-state index contributed by atoms with van der Waals surface area (Å²) in [5.74, 6) is -0.121. The molecule has 0 heterocycles. The van der Waals surface area contributed by atoms with Crippen LogP contribution in [-0.2, 0) is 11.4 Å². The Morgan fingerprint density at radius 2 is 2.00 bits per heavy atom. The van der Waals surface area contributed by atoms with Gasteiger partial charge in [-0.1, -0.05) is 12.1 Å². The van der Waals surface area contributed by atoms with Gasteiger partial charge in [-0.3, -0.25) is 10.1 Å². The van der Waals surface area contributed by atoms with Crippen molar-refractivity contribution in [2.45, 2.75) is 44.9 Å². The summed E-state index contributed by atoms with van der Waals surface area (Å²) < 4.78 is 5.71. The van der Waals surface area contributed by atoms with Gasteiger partial charge in [0.1, 0.15) is 12.4 Å².